The van der Waals surface area contributed by atoms with Gasteiger partial charge in [0.1, 0.15) is 11.6 Å². The fourth-order valence-corrected chi connectivity index (χ4v) is 5.36. The van der Waals surface area contributed by atoms with Crippen molar-refractivity contribution in [1.82, 2.24) is 15.5 Å². The Kier molecular flexibility index (Phi) is 5.23. The van der Waals surface area contributed by atoms with Gasteiger partial charge >= 0.3 is 6.61 Å². The number of alkyl halides is 2. The van der Waals surface area contributed by atoms with Crippen molar-refractivity contribution in [2.75, 3.05) is 19.6 Å². The van der Waals surface area contributed by atoms with Crippen molar-refractivity contribution in [1.29, 1.82) is 0 Å². The van der Waals surface area contributed by atoms with Crippen LogP contribution in [0.5, 0.6) is 5.75 Å². The molecule has 2 amide bonds. The van der Waals surface area contributed by atoms with Crippen LogP contribution in [-0.4, -0.2) is 54.0 Å². The summed E-state index contributed by atoms with van der Waals surface area (Å²) >= 11 is 0. The molecular formula is C22H28F3N3O3. The van der Waals surface area contributed by atoms with Gasteiger partial charge in [-0.05, 0) is 63.5 Å². The molecule has 0 atom stereocenters. The smallest absolute Gasteiger partial charge is 0.387 e. The normalized spacial score (nSPS) is 27.7. The van der Waals surface area contributed by atoms with E-state index in [0.29, 0.717) is 12.5 Å². The summed E-state index contributed by atoms with van der Waals surface area (Å²) in [5.41, 5.74) is -0.365. The van der Waals surface area contributed by atoms with Gasteiger partial charge in [-0.25, -0.2) is 4.39 Å². The van der Waals surface area contributed by atoms with Gasteiger partial charge in [0.15, 0.2) is 0 Å². The van der Waals surface area contributed by atoms with Crippen LogP contribution >= 0.6 is 0 Å². The van der Waals surface area contributed by atoms with Gasteiger partial charge in [-0.2, -0.15) is 8.78 Å². The van der Waals surface area contributed by atoms with E-state index in [1.54, 1.807) is 0 Å². The molecule has 1 heterocycles. The highest BCUT2D eigenvalue weighted by Gasteiger charge is 2.72. The molecule has 1 aromatic carbocycles. The van der Waals surface area contributed by atoms with E-state index in [1.165, 1.54) is 0 Å². The standard InChI is InChI=1S/C22H28F3N3O3/c1-20(2,3)26-17(29)9-28-7-14(8-28)21-10-22(11-21,12-21)27-18(30)13-4-15(23)6-16(5-13)31-19(24)25/h4-6,14,19H,7-12H2,1-3H3,(H,26,29)(H,27,30). The lowest BCUT2D eigenvalue weighted by Crippen LogP contribution is -2.79. The minimum atomic E-state index is -3.09. The van der Waals surface area contributed by atoms with Crippen molar-refractivity contribution in [3.8, 4) is 5.75 Å². The fourth-order valence-electron chi connectivity index (χ4n) is 5.36. The summed E-state index contributed by atoms with van der Waals surface area (Å²) in [6.45, 7) is 4.92. The number of likely N-dealkylation sites (tertiary alicyclic amines) is 1. The number of rotatable bonds is 7. The van der Waals surface area contributed by atoms with Gasteiger partial charge in [-0.3, -0.25) is 14.5 Å². The summed E-state index contributed by atoms with van der Waals surface area (Å²) in [4.78, 5) is 26.7. The molecule has 3 saturated carbocycles. The van der Waals surface area contributed by atoms with Crippen LogP contribution in [0.1, 0.15) is 50.4 Å². The number of halogens is 3. The van der Waals surface area contributed by atoms with Gasteiger partial charge in [-0.1, -0.05) is 0 Å². The predicted molar refractivity (Wildman–Crippen MR) is 107 cm³/mol. The topological polar surface area (TPSA) is 70.7 Å². The Balaban J connectivity index is 1.25. The Morgan fingerprint density at radius 2 is 1.84 bits per heavy atom. The first-order valence-corrected chi connectivity index (χ1v) is 10.5. The van der Waals surface area contributed by atoms with E-state index in [4.69, 9.17) is 0 Å². The van der Waals surface area contributed by atoms with E-state index in [9.17, 15) is 22.8 Å². The molecule has 1 saturated heterocycles. The Morgan fingerprint density at radius 1 is 1.19 bits per heavy atom. The predicted octanol–water partition coefficient (Wildman–Crippen LogP) is 2.93. The van der Waals surface area contributed by atoms with Crippen molar-refractivity contribution in [3.63, 3.8) is 0 Å². The maximum absolute atomic E-state index is 13.7. The third-order valence-corrected chi connectivity index (χ3v) is 6.51. The van der Waals surface area contributed by atoms with Gasteiger partial charge in [0.2, 0.25) is 5.91 Å². The minimum Gasteiger partial charge on any atom is -0.435 e. The Hall–Kier alpha value is -2.29. The molecule has 170 valence electrons. The van der Waals surface area contributed by atoms with Gasteiger partial charge in [0.25, 0.3) is 5.91 Å². The van der Waals surface area contributed by atoms with Crippen LogP contribution in [0, 0.1) is 17.2 Å². The summed E-state index contributed by atoms with van der Waals surface area (Å²) in [7, 11) is 0. The molecule has 5 rings (SSSR count). The van der Waals surface area contributed by atoms with Crippen molar-refractivity contribution >= 4 is 11.8 Å². The van der Waals surface area contributed by atoms with Crippen molar-refractivity contribution < 1.29 is 27.5 Å². The van der Waals surface area contributed by atoms with E-state index in [-0.39, 0.29) is 33.7 Å². The molecule has 2 bridgehead atoms. The zero-order valence-electron chi connectivity index (χ0n) is 17.9. The number of ether oxygens (including phenoxy) is 1. The summed E-state index contributed by atoms with van der Waals surface area (Å²) in [5.74, 6) is -1.13. The number of carbonyl (C=O) groups excluding carboxylic acids is 2. The first kappa shape index (κ1) is 21.9. The largest absolute Gasteiger partial charge is 0.435 e. The molecule has 0 spiro atoms. The van der Waals surface area contributed by atoms with E-state index in [0.717, 1.165) is 50.6 Å². The van der Waals surface area contributed by atoms with Gasteiger partial charge in [0.05, 0.1) is 6.54 Å². The molecule has 1 aromatic rings. The first-order valence-electron chi connectivity index (χ1n) is 10.5. The quantitative estimate of drug-likeness (QED) is 0.686. The van der Waals surface area contributed by atoms with Crippen LogP contribution in [0.25, 0.3) is 0 Å². The molecule has 4 fully saturated rings. The maximum atomic E-state index is 13.7. The summed E-state index contributed by atoms with van der Waals surface area (Å²) < 4.78 is 42.7. The molecule has 0 radical (unpaired) electrons. The first-order chi connectivity index (χ1) is 14.4. The summed E-state index contributed by atoms with van der Waals surface area (Å²) in [5, 5.41) is 5.92. The lowest BCUT2D eigenvalue weighted by Gasteiger charge is -2.75. The van der Waals surface area contributed by atoms with E-state index < -0.39 is 18.3 Å². The second-order valence-corrected chi connectivity index (χ2v) is 10.4. The van der Waals surface area contributed by atoms with Crippen molar-refractivity contribution in [3.05, 3.63) is 29.6 Å². The molecule has 6 nitrogen and oxygen atoms in total. The highest BCUT2D eigenvalue weighted by molar-refractivity contribution is 5.95. The number of benzene rings is 1. The fraction of sp³-hybridized carbons (Fsp3) is 0.636. The van der Waals surface area contributed by atoms with E-state index in [2.05, 4.69) is 20.3 Å². The minimum absolute atomic E-state index is 0.0255. The van der Waals surface area contributed by atoms with E-state index >= 15 is 0 Å². The monoisotopic (exact) mass is 439 g/mol. The second-order valence-electron chi connectivity index (χ2n) is 10.4. The molecule has 9 heteroatoms. The number of carbonyl (C=O) groups is 2. The van der Waals surface area contributed by atoms with Gasteiger partial charge in [0, 0.05) is 35.8 Å². The lowest BCUT2D eigenvalue weighted by molar-refractivity contribution is -0.214. The average molecular weight is 439 g/mol. The summed E-state index contributed by atoms with van der Waals surface area (Å²) in [6, 6.07) is 2.96. The second kappa shape index (κ2) is 7.39. The van der Waals surface area contributed by atoms with Crippen LogP contribution in [0.4, 0.5) is 13.2 Å². The highest BCUT2D eigenvalue weighted by Crippen LogP contribution is 2.71. The number of nitrogens with one attached hydrogen (secondary N) is 2. The Bertz CT molecular complexity index is 874. The van der Waals surface area contributed by atoms with Gasteiger partial charge in [-0.15, -0.1) is 0 Å². The number of nitrogens with zero attached hydrogens (tertiary/aromatic N) is 1. The molecule has 4 aliphatic rings. The molecule has 0 aromatic heterocycles. The van der Waals surface area contributed by atoms with Crippen molar-refractivity contribution in [2.24, 2.45) is 11.3 Å². The zero-order valence-corrected chi connectivity index (χ0v) is 17.9. The Labute approximate surface area is 179 Å². The van der Waals surface area contributed by atoms with E-state index in [1.807, 2.05) is 20.8 Å². The molecule has 2 N–H and O–H groups in total. The summed E-state index contributed by atoms with van der Waals surface area (Å²) in [6.07, 6.45) is 2.57. The van der Waals surface area contributed by atoms with Crippen LogP contribution in [0.2, 0.25) is 0 Å². The van der Waals surface area contributed by atoms with Crippen LogP contribution in [0.15, 0.2) is 18.2 Å². The maximum Gasteiger partial charge on any atom is 0.387 e. The SMILES string of the molecule is CC(C)(C)NC(=O)CN1CC(C23CC(NC(=O)c4cc(F)cc(OC(F)F)c4)(C2)C3)C1. The number of hydrogen-bond donors (Lipinski definition) is 2. The zero-order chi connectivity index (χ0) is 22.6. The molecule has 3 aliphatic carbocycles. The third-order valence-electron chi connectivity index (χ3n) is 6.51. The molecule has 1 aliphatic heterocycles. The van der Waals surface area contributed by atoms with Crippen LogP contribution in [-0.2, 0) is 4.79 Å². The average Bonchev–Trinajstić information content (AvgIpc) is 2.50. The number of amides is 2. The lowest BCUT2D eigenvalue weighted by atomic mass is 9.35. The van der Waals surface area contributed by atoms with Crippen LogP contribution in [0.3, 0.4) is 0 Å². The molecule has 31 heavy (non-hydrogen) atoms. The third kappa shape index (κ3) is 4.51. The highest BCUT2D eigenvalue weighted by atomic mass is 19.3. The molecular weight excluding hydrogens is 411 g/mol. The number of hydrogen-bond acceptors (Lipinski definition) is 4. The van der Waals surface area contributed by atoms with Crippen LogP contribution < -0.4 is 15.4 Å². The van der Waals surface area contributed by atoms with Crippen molar-refractivity contribution in [2.45, 2.75) is 57.7 Å². The van der Waals surface area contributed by atoms with Gasteiger partial charge < -0.3 is 15.4 Å². The Morgan fingerprint density at radius 3 is 2.42 bits per heavy atom. The molecule has 0 unspecified atom stereocenters.